The van der Waals surface area contributed by atoms with Gasteiger partial charge in [-0.15, -0.1) is 0 Å². The van der Waals surface area contributed by atoms with Gasteiger partial charge in [0, 0.05) is 5.56 Å². The Morgan fingerprint density at radius 3 is 2.29 bits per heavy atom. The number of rotatable bonds is 2. The highest BCUT2D eigenvalue weighted by atomic mass is 79.9. The topological polar surface area (TPSA) is 60.2 Å². The molecule has 1 aromatic carbocycles. The number of halogens is 4. The highest BCUT2D eigenvalue weighted by Crippen LogP contribution is 2.41. The monoisotopic (exact) mass is 311 g/mol. The Kier molecular flexibility index (Phi) is 3.56. The Labute approximate surface area is 102 Å². The quantitative estimate of drug-likeness (QED) is 0.476. The molecule has 0 heterocycles. The number of nitro benzene ring substituents is 1. The first-order valence-electron chi connectivity index (χ1n) is 4.21. The molecule has 0 aromatic heterocycles. The molecule has 0 amide bonds. The van der Waals surface area contributed by atoms with Crippen molar-refractivity contribution in [2.45, 2.75) is 13.1 Å². The number of hydrogen-bond donors (Lipinski definition) is 0. The van der Waals surface area contributed by atoms with E-state index in [-0.39, 0.29) is 5.56 Å². The summed E-state index contributed by atoms with van der Waals surface area (Å²) in [4.78, 5) is 20.5. The third kappa shape index (κ3) is 2.63. The molecular formula is C9H5BrF3NO3. The van der Waals surface area contributed by atoms with E-state index in [1.54, 1.807) is 0 Å². The normalized spacial score (nSPS) is 11.4. The molecule has 0 saturated heterocycles. The van der Waals surface area contributed by atoms with E-state index < -0.39 is 32.6 Å². The van der Waals surface area contributed by atoms with E-state index in [2.05, 4.69) is 15.9 Å². The smallest absolute Gasteiger partial charge is 0.294 e. The maximum Gasteiger partial charge on any atom is 0.423 e. The van der Waals surface area contributed by atoms with Gasteiger partial charge in [-0.3, -0.25) is 14.9 Å². The largest absolute Gasteiger partial charge is 0.423 e. The van der Waals surface area contributed by atoms with E-state index in [0.717, 1.165) is 13.0 Å². The van der Waals surface area contributed by atoms with Crippen LogP contribution in [0.25, 0.3) is 0 Å². The van der Waals surface area contributed by atoms with Crippen molar-refractivity contribution in [2.75, 3.05) is 0 Å². The lowest BCUT2D eigenvalue weighted by Crippen LogP contribution is -2.11. The summed E-state index contributed by atoms with van der Waals surface area (Å²) in [6.45, 7) is 1.11. The summed E-state index contributed by atoms with van der Waals surface area (Å²) in [5.74, 6) is -0.561. The first-order valence-corrected chi connectivity index (χ1v) is 5.00. The van der Waals surface area contributed by atoms with Crippen LogP contribution in [0.4, 0.5) is 18.9 Å². The lowest BCUT2D eigenvalue weighted by Gasteiger charge is -2.10. The summed E-state index contributed by atoms with van der Waals surface area (Å²) in [7, 11) is 0. The van der Waals surface area contributed by atoms with Gasteiger partial charge in [-0.25, -0.2) is 0 Å². The molecule has 1 rings (SSSR count). The van der Waals surface area contributed by atoms with Crippen molar-refractivity contribution >= 4 is 27.4 Å². The van der Waals surface area contributed by atoms with Gasteiger partial charge in [0.2, 0.25) is 0 Å². The highest BCUT2D eigenvalue weighted by Gasteiger charge is 2.40. The minimum absolute atomic E-state index is 0.162. The molecular weight excluding hydrogens is 307 g/mol. The van der Waals surface area contributed by atoms with Gasteiger partial charge in [0.15, 0.2) is 5.78 Å². The van der Waals surface area contributed by atoms with Crippen molar-refractivity contribution in [1.29, 1.82) is 0 Å². The summed E-state index contributed by atoms with van der Waals surface area (Å²) < 4.78 is 37.1. The summed E-state index contributed by atoms with van der Waals surface area (Å²) in [5, 5.41) is 10.6. The molecule has 8 heteroatoms. The number of carbonyl (C=O) groups excluding carboxylic acids is 1. The molecule has 0 aliphatic heterocycles. The number of ketones is 1. The van der Waals surface area contributed by atoms with Crippen LogP contribution >= 0.6 is 15.9 Å². The summed E-state index contributed by atoms with van der Waals surface area (Å²) in [6.07, 6.45) is -4.85. The summed E-state index contributed by atoms with van der Waals surface area (Å²) in [5.41, 5.74) is -2.70. The number of Topliss-reactive ketones (excluding diaryl/α,β-unsaturated/α-hetero) is 1. The van der Waals surface area contributed by atoms with Gasteiger partial charge in [-0.05, 0) is 35.0 Å². The molecule has 0 spiro atoms. The molecule has 0 bridgehead atoms. The van der Waals surface area contributed by atoms with Crippen LogP contribution in [-0.4, -0.2) is 10.7 Å². The molecule has 0 fully saturated rings. The van der Waals surface area contributed by atoms with Gasteiger partial charge in [0.05, 0.1) is 4.92 Å². The lowest BCUT2D eigenvalue weighted by atomic mass is 10.1. The third-order valence-electron chi connectivity index (χ3n) is 1.98. The fourth-order valence-corrected chi connectivity index (χ4v) is 2.01. The number of carbonyl (C=O) groups is 1. The van der Waals surface area contributed by atoms with Crippen LogP contribution in [0.1, 0.15) is 22.8 Å². The first-order chi connectivity index (χ1) is 7.66. The molecule has 0 radical (unpaired) electrons. The van der Waals surface area contributed by atoms with E-state index in [0.29, 0.717) is 6.07 Å². The second kappa shape index (κ2) is 4.44. The maximum atomic E-state index is 12.5. The SMILES string of the molecule is CC(=O)c1ccc(C(F)(F)F)c([N+](=O)[O-])c1Br. The Hall–Kier alpha value is -1.44. The van der Waals surface area contributed by atoms with Crippen molar-refractivity contribution < 1.29 is 22.9 Å². The van der Waals surface area contributed by atoms with E-state index in [1.165, 1.54) is 0 Å². The van der Waals surface area contributed by atoms with Crippen LogP contribution in [0.15, 0.2) is 16.6 Å². The maximum absolute atomic E-state index is 12.5. The summed E-state index contributed by atoms with van der Waals surface area (Å²) in [6, 6.07) is 1.43. The molecule has 17 heavy (non-hydrogen) atoms. The van der Waals surface area contributed by atoms with Crippen LogP contribution in [0.5, 0.6) is 0 Å². The number of alkyl halides is 3. The highest BCUT2D eigenvalue weighted by molar-refractivity contribution is 9.10. The van der Waals surface area contributed by atoms with Gasteiger partial charge >= 0.3 is 6.18 Å². The van der Waals surface area contributed by atoms with Gasteiger partial charge in [0.25, 0.3) is 5.69 Å². The molecule has 0 saturated carbocycles. The van der Waals surface area contributed by atoms with E-state index in [9.17, 15) is 28.1 Å². The average molecular weight is 312 g/mol. The first kappa shape index (κ1) is 13.6. The second-order valence-electron chi connectivity index (χ2n) is 3.13. The van der Waals surface area contributed by atoms with E-state index >= 15 is 0 Å². The Morgan fingerprint density at radius 2 is 1.94 bits per heavy atom. The fourth-order valence-electron chi connectivity index (χ4n) is 1.24. The number of hydrogen-bond acceptors (Lipinski definition) is 3. The molecule has 0 atom stereocenters. The van der Waals surface area contributed by atoms with Crippen molar-refractivity contribution in [3.05, 3.63) is 37.8 Å². The number of benzene rings is 1. The molecule has 0 aliphatic rings. The number of nitrogens with zero attached hydrogens (tertiary/aromatic N) is 1. The molecule has 1 aromatic rings. The Balaban J connectivity index is 3.63. The minimum atomic E-state index is -4.85. The Morgan fingerprint density at radius 1 is 1.41 bits per heavy atom. The fraction of sp³-hybridized carbons (Fsp3) is 0.222. The average Bonchev–Trinajstić information content (AvgIpc) is 2.14. The van der Waals surface area contributed by atoms with Crippen molar-refractivity contribution in [1.82, 2.24) is 0 Å². The van der Waals surface area contributed by atoms with Crippen LogP contribution in [-0.2, 0) is 6.18 Å². The van der Waals surface area contributed by atoms with Crippen LogP contribution in [0.3, 0.4) is 0 Å². The van der Waals surface area contributed by atoms with E-state index in [4.69, 9.17) is 0 Å². The van der Waals surface area contributed by atoms with Crippen LogP contribution in [0.2, 0.25) is 0 Å². The van der Waals surface area contributed by atoms with Gasteiger partial charge < -0.3 is 0 Å². The van der Waals surface area contributed by atoms with E-state index in [1.807, 2.05) is 0 Å². The third-order valence-corrected chi connectivity index (χ3v) is 2.79. The zero-order valence-corrected chi connectivity index (χ0v) is 9.92. The van der Waals surface area contributed by atoms with Crippen molar-refractivity contribution in [2.24, 2.45) is 0 Å². The standard InChI is InChI=1S/C9H5BrF3NO3/c1-4(15)5-2-3-6(9(11,12)13)8(7(5)10)14(16)17/h2-3H,1H3. The van der Waals surface area contributed by atoms with Crippen LogP contribution < -0.4 is 0 Å². The van der Waals surface area contributed by atoms with Gasteiger partial charge in [-0.1, -0.05) is 0 Å². The molecule has 0 aliphatic carbocycles. The zero-order valence-electron chi connectivity index (χ0n) is 8.34. The zero-order chi connectivity index (χ0) is 13.4. The molecule has 4 nitrogen and oxygen atoms in total. The van der Waals surface area contributed by atoms with Crippen molar-refractivity contribution in [3.63, 3.8) is 0 Å². The predicted octanol–water partition coefficient (Wildman–Crippen LogP) is 3.58. The number of nitro groups is 1. The molecule has 0 unspecified atom stereocenters. The molecule has 92 valence electrons. The second-order valence-corrected chi connectivity index (χ2v) is 3.93. The van der Waals surface area contributed by atoms with Gasteiger partial charge in [0.1, 0.15) is 10.0 Å². The Bertz CT molecular complexity index is 499. The van der Waals surface area contributed by atoms with Gasteiger partial charge in [-0.2, -0.15) is 13.2 Å². The molecule has 0 N–H and O–H groups in total. The summed E-state index contributed by atoms with van der Waals surface area (Å²) >= 11 is 2.66. The lowest BCUT2D eigenvalue weighted by molar-refractivity contribution is -0.388. The van der Waals surface area contributed by atoms with Crippen molar-refractivity contribution in [3.8, 4) is 0 Å². The minimum Gasteiger partial charge on any atom is -0.294 e. The predicted molar refractivity (Wildman–Crippen MR) is 55.8 cm³/mol. The van der Waals surface area contributed by atoms with Crippen LogP contribution in [0, 0.1) is 10.1 Å².